The minimum Gasteiger partial charge on any atom is -0.395 e. The van der Waals surface area contributed by atoms with E-state index in [-0.39, 0.29) is 12.4 Å². The van der Waals surface area contributed by atoms with Gasteiger partial charge in [-0.2, -0.15) is 0 Å². The van der Waals surface area contributed by atoms with Crippen LogP contribution in [0.2, 0.25) is 0 Å². The number of nitrogens with two attached hydrogens (primary N) is 1. The second-order valence-electron chi connectivity index (χ2n) is 7.17. The fraction of sp³-hybridized carbons (Fsp3) is 0.0833. The van der Waals surface area contributed by atoms with Gasteiger partial charge in [-0.15, -0.1) is 0 Å². The molecular weight excluding hydrogens is 433 g/mol. The van der Waals surface area contributed by atoms with Crippen molar-refractivity contribution in [3.8, 4) is 11.3 Å². The summed E-state index contributed by atoms with van der Waals surface area (Å²) in [5.74, 6) is -2.53. The van der Waals surface area contributed by atoms with Crippen molar-refractivity contribution in [3.05, 3.63) is 84.2 Å². The first kappa shape index (κ1) is 22.1. The third-order valence-corrected chi connectivity index (χ3v) is 4.99. The van der Waals surface area contributed by atoms with Crippen LogP contribution in [-0.4, -0.2) is 29.3 Å². The fourth-order valence-corrected chi connectivity index (χ4v) is 3.54. The van der Waals surface area contributed by atoms with Crippen LogP contribution < -0.4 is 16.0 Å². The Hall–Kier alpha value is -4.11. The molecule has 4 rings (SSSR count). The van der Waals surface area contributed by atoms with Gasteiger partial charge in [0.25, 0.3) is 0 Å². The molecule has 0 saturated heterocycles. The number of aliphatic hydroxyl groups excluding tert-OH is 1. The van der Waals surface area contributed by atoms with E-state index in [2.05, 4.69) is 10.3 Å². The number of pyridine rings is 1. The molecule has 4 N–H and O–H groups in total. The molecule has 0 spiro atoms. The molecule has 1 heterocycles. The van der Waals surface area contributed by atoms with E-state index in [4.69, 9.17) is 10.8 Å². The summed E-state index contributed by atoms with van der Waals surface area (Å²) in [5.41, 5.74) is 6.41. The van der Waals surface area contributed by atoms with E-state index >= 15 is 0 Å². The molecule has 4 aromatic rings. The Morgan fingerprint density at radius 1 is 1.00 bits per heavy atom. The monoisotopic (exact) mass is 452 g/mol. The average Bonchev–Trinajstić information content (AvgIpc) is 2.79. The molecule has 0 saturated carbocycles. The first-order valence-electron chi connectivity index (χ1n) is 9.98. The van der Waals surface area contributed by atoms with Gasteiger partial charge in [-0.1, -0.05) is 12.1 Å². The zero-order chi connectivity index (χ0) is 23.5. The predicted molar refractivity (Wildman–Crippen MR) is 121 cm³/mol. The summed E-state index contributed by atoms with van der Waals surface area (Å²) < 4.78 is 42.6. The van der Waals surface area contributed by atoms with Crippen LogP contribution in [0.3, 0.4) is 0 Å². The number of aliphatic hydroxyl groups is 1. The van der Waals surface area contributed by atoms with Crippen LogP contribution in [0.1, 0.15) is 0 Å². The van der Waals surface area contributed by atoms with E-state index in [1.54, 1.807) is 18.2 Å². The third-order valence-electron chi connectivity index (χ3n) is 4.99. The Morgan fingerprint density at radius 2 is 1.70 bits per heavy atom. The summed E-state index contributed by atoms with van der Waals surface area (Å²) in [5, 5.41) is 13.3. The van der Waals surface area contributed by atoms with Crippen LogP contribution in [0.5, 0.6) is 0 Å². The largest absolute Gasteiger partial charge is 0.395 e. The zero-order valence-corrected chi connectivity index (χ0v) is 17.2. The molecular formula is C24H19F3N4O2. The van der Waals surface area contributed by atoms with Gasteiger partial charge in [0, 0.05) is 23.2 Å². The van der Waals surface area contributed by atoms with E-state index in [0.717, 1.165) is 12.1 Å². The number of rotatable bonds is 6. The van der Waals surface area contributed by atoms with E-state index in [0.29, 0.717) is 39.2 Å². The molecule has 9 heteroatoms. The number of hydrogen-bond donors (Lipinski definition) is 3. The number of para-hydroxylation sites is 1. The van der Waals surface area contributed by atoms with Crippen molar-refractivity contribution >= 4 is 34.0 Å². The number of urea groups is 1. The maximum atomic E-state index is 14.5. The number of benzene rings is 3. The smallest absolute Gasteiger partial charge is 0.325 e. The van der Waals surface area contributed by atoms with Crippen LogP contribution in [0.25, 0.3) is 22.0 Å². The Bertz CT molecular complexity index is 1310. The Kier molecular flexibility index (Phi) is 6.14. The highest BCUT2D eigenvalue weighted by molar-refractivity contribution is 6.03. The van der Waals surface area contributed by atoms with Gasteiger partial charge in [0.2, 0.25) is 0 Å². The minimum atomic E-state index is -1.13. The van der Waals surface area contributed by atoms with Gasteiger partial charge < -0.3 is 16.2 Å². The van der Waals surface area contributed by atoms with E-state index < -0.39 is 29.2 Å². The van der Waals surface area contributed by atoms with Crippen molar-refractivity contribution in [1.82, 2.24) is 4.98 Å². The number of aromatic nitrogens is 1. The molecule has 33 heavy (non-hydrogen) atoms. The van der Waals surface area contributed by atoms with Crippen LogP contribution in [-0.2, 0) is 0 Å². The highest BCUT2D eigenvalue weighted by Gasteiger charge is 2.25. The van der Waals surface area contributed by atoms with Crippen molar-refractivity contribution in [2.45, 2.75) is 0 Å². The van der Waals surface area contributed by atoms with Gasteiger partial charge in [-0.3, -0.25) is 0 Å². The lowest BCUT2D eigenvalue weighted by Crippen LogP contribution is -2.33. The Balaban J connectivity index is 1.98. The molecule has 6 nitrogen and oxygen atoms in total. The number of fused-ring (bicyclic) bond motifs is 1. The molecule has 0 radical (unpaired) electrons. The number of hydrogen-bond acceptors (Lipinski definition) is 4. The highest BCUT2D eigenvalue weighted by Crippen LogP contribution is 2.36. The van der Waals surface area contributed by atoms with Gasteiger partial charge in [-0.05, 0) is 60.0 Å². The lowest BCUT2D eigenvalue weighted by Gasteiger charge is -2.22. The summed E-state index contributed by atoms with van der Waals surface area (Å²) in [6.07, 6.45) is 0. The second-order valence-corrected chi connectivity index (χ2v) is 7.17. The summed E-state index contributed by atoms with van der Waals surface area (Å²) in [7, 11) is 0. The maximum absolute atomic E-state index is 14.5. The predicted octanol–water partition coefficient (Wildman–Crippen LogP) is 4.94. The standard InChI is InChI=1S/C24H19F3N4O2/c25-16-6-4-14(5-7-16)22-18-9-8-17(29-10-11-32)12-15(18)13-21(30-22)31(24(28)33)23-19(26)2-1-3-20(23)27/h1-9,12-13,29,32H,10-11H2,(H2,28,33). The highest BCUT2D eigenvalue weighted by atomic mass is 19.1. The number of amides is 2. The maximum Gasteiger partial charge on any atom is 0.325 e. The molecule has 0 bridgehead atoms. The van der Waals surface area contributed by atoms with Gasteiger partial charge in [0.05, 0.1) is 12.3 Å². The molecule has 3 aromatic carbocycles. The number of halogens is 3. The average molecular weight is 452 g/mol. The molecule has 0 fully saturated rings. The van der Waals surface area contributed by atoms with Crippen molar-refractivity contribution in [1.29, 1.82) is 0 Å². The number of anilines is 3. The molecule has 0 aliphatic rings. The summed E-state index contributed by atoms with van der Waals surface area (Å²) in [6.45, 7) is 0.227. The molecule has 0 unspecified atom stereocenters. The number of carbonyl (C=O) groups is 1. The first-order valence-corrected chi connectivity index (χ1v) is 9.98. The molecule has 0 atom stereocenters. The van der Waals surface area contributed by atoms with Gasteiger partial charge >= 0.3 is 6.03 Å². The first-order chi connectivity index (χ1) is 15.9. The van der Waals surface area contributed by atoms with E-state index in [1.165, 1.54) is 36.4 Å². The quantitative estimate of drug-likeness (QED) is 0.387. The van der Waals surface area contributed by atoms with Crippen LogP contribution in [0, 0.1) is 17.5 Å². The van der Waals surface area contributed by atoms with Crippen molar-refractivity contribution in [3.63, 3.8) is 0 Å². The number of carbonyl (C=O) groups excluding carboxylic acids is 1. The summed E-state index contributed by atoms with van der Waals surface area (Å²) >= 11 is 0. The number of primary amides is 1. The van der Waals surface area contributed by atoms with E-state index in [9.17, 15) is 18.0 Å². The van der Waals surface area contributed by atoms with Crippen LogP contribution in [0.15, 0.2) is 66.7 Å². The lowest BCUT2D eigenvalue weighted by molar-refractivity contribution is 0.255. The summed E-state index contributed by atoms with van der Waals surface area (Å²) in [4.78, 5) is 17.5. The van der Waals surface area contributed by atoms with Gasteiger partial charge in [0.15, 0.2) is 0 Å². The fourth-order valence-electron chi connectivity index (χ4n) is 3.54. The molecule has 0 aliphatic heterocycles. The van der Waals surface area contributed by atoms with Crippen molar-refractivity contribution in [2.75, 3.05) is 23.4 Å². The second kappa shape index (κ2) is 9.17. The normalized spacial score (nSPS) is 10.9. The third kappa shape index (κ3) is 4.44. The Labute approximate surface area is 187 Å². The van der Waals surface area contributed by atoms with Crippen molar-refractivity contribution in [2.24, 2.45) is 5.73 Å². The van der Waals surface area contributed by atoms with Crippen molar-refractivity contribution < 1.29 is 23.1 Å². The molecule has 1 aromatic heterocycles. The van der Waals surface area contributed by atoms with Gasteiger partial charge in [0.1, 0.15) is 29.0 Å². The number of nitrogens with zero attached hydrogens (tertiary/aromatic N) is 2. The lowest BCUT2D eigenvalue weighted by atomic mass is 10.0. The number of nitrogens with one attached hydrogen (secondary N) is 1. The van der Waals surface area contributed by atoms with Crippen LogP contribution >= 0.6 is 0 Å². The topological polar surface area (TPSA) is 91.5 Å². The molecule has 2 amide bonds. The molecule has 0 aliphatic carbocycles. The molecule has 168 valence electrons. The van der Waals surface area contributed by atoms with Crippen LogP contribution in [0.4, 0.5) is 35.2 Å². The van der Waals surface area contributed by atoms with E-state index in [1.807, 2.05) is 0 Å². The zero-order valence-electron chi connectivity index (χ0n) is 17.2. The SMILES string of the molecule is NC(=O)N(c1cc2cc(NCCO)ccc2c(-c2ccc(F)cc2)n1)c1c(F)cccc1F. The Morgan fingerprint density at radius 3 is 2.33 bits per heavy atom. The summed E-state index contributed by atoms with van der Waals surface area (Å²) in [6, 6.07) is 14.3. The minimum absolute atomic E-state index is 0.0809. The van der Waals surface area contributed by atoms with Gasteiger partial charge in [-0.25, -0.2) is 27.8 Å².